The number of aliphatic hydroxyl groups excluding tert-OH is 1. The molecular weight excluding hydrogens is 258 g/mol. The molecule has 1 nitrogen and oxygen atoms in total. The molecule has 0 spiro atoms. The number of benzene rings is 1. The summed E-state index contributed by atoms with van der Waals surface area (Å²) in [6.45, 7) is 4.34. The van der Waals surface area contributed by atoms with E-state index in [9.17, 15) is 13.9 Å². The molecule has 1 atom stereocenters. The summed E-state index contributed by atoms with van der Waals surface area (Å²) in [7, 11) is 0. The van der Waals surface area contributed by atoms with E-state index in [4.69, 9.17) is 0 Å². The van der Waals surface area contributed by atoms with Crippen LogP contribution in [0.2, 0.25) is 0 Å². The second-order valence-electron chi connectivity index (χ2n) is 6.64. The highest BCUT2D eigenvalue weighted by Crippen LogP contribution is 2.46. The van der Waals surface area contributed by atoms with Crippen molar-refractivity contribution in [1.82, 2.24) is 0 Å². The quantitative estimate of drug-likeness (QED) is 0.844. The Morgan fingerprint density at radius 2 is 1.80 bits per heavy atom. The predicted octanol–water partition coefficient (Wildman–Crippen LogP) is 4.47. The van der Waals surface area contributed by atoms with Gasteiger partial charge in [0.2, 0.25) is 0 Å². The Kier molecular flexibility index (Phi) is 4.79. The van der Waals surface area contributed by atoms with Crippen LogP contribution in [-0.4, -0.2) is 11.2 Å². The number of hydrogen-bond donors (Lipinski definition) is 1. The monoisotopic (exact) mass is 282 g/mol. The first-order valence-electron chi connectivity index (χ1n) is 7.55. The van der Waals surface area contributed by atoms with Crippen LogP contribution in [-0.2, 0) is 6.42 Å². The van der Waals surface area contributed by atoms with Crippen molar-refractivity contribution in [3.63, 3.8) is 0 Å². The highest BCUT2D eigenvalue weighted by molar-refractivity contribution is 5.19. The molecule has 0 radical (unpaired) electrons. The van der Waals surface area contributed by atoms with Crippen LogP contribution < -0.4 is 0 Å². The lowest BCUT2D eigenvalue weighted by Gasteiger charge is -2.36. The molecular formula is C17H24F2O. The van der Waals surface area contributed by atoms with Crippen molar-refractivity contribution < 1.29 is 13.9 Å². The largest absolute Gasteiger partial charge is 0.392 e. The van der Waals surface area contributed by atoms with Gasteiger partial charge >= 0.3 is 0 Å². The van der Waals surface area contributed by atoms with Gasteiger partial charge < -0.3 is 5.11 Å². The molecule has 0 amide bonds. The summed E-state index contributed by atoms with van der Waals surface area (Å²) >= 11 is 0. The molecule has 20 heavy (non-hydrogen) atoms. The summed E-state index contributed by atoms with van der Waals surface area (Å²) < 4.78 is 26.2. The lowest BCUT2D eigenvalue weighted by molar-refractivity contribution is 0.0133. The third-order valence-corrected chi connectivity index (χ3v) is 4.53. The topological polar surface area (TPSA) is 20.2 Å². The Morgan fingerprint density at radius 3 is 2.35 bits per heavy atom. The first-order chi connectivity index (χ1) is 9.43. The molecule has 112 valence electrons. The second kappa shape index (κ2) is 6.21. The standard InChI is InChI=1S/C17H24F2O/c1-12(2)11-17(7-3-4-8-17)16(20)10-13-5-6-14(18)15(19)9-13/h5-6,9,12,16,20H,3-4,7-8,10-11H2,1-2H3. The predicted molar refractivity (Wildman–Crippen MR) is 76.4 cm³/mol. The molecule has 2 rings (SSSR count). The SMILES string of the molecule is CC(C)CC1(C(O)Cc2ccc(F)c(F)c2)CCCC1. The third-order valence-electron chi connectivity index (χ3n) is 4.53. The Labute approximate surface area is 120 Å². The smallest absolute Gasteiger partial charge is 0.159 e. The molecule has 0 heterocycles. The zero-order chi connectivity index (χ0) is 14.8. The average molecular weight is 282 g/mol. The van der Waals surface area contributed by atoms with Crippen molar-refractivity contribution in [3.05, 3.63) is 35.4 Å². The van der Waals surface area contributed by atoms with E-state index in [1.165, 1.54) is 6.07 Å². The van der Waals surface area contributed by atoms with Gasteiger partial charge in [0.15, 0.2) is 11.6 Å². The van der Waals surface area contributed by atoms with Gasteiger partial charge in [0.05, 0.1) is 6.10 Å². The fraction of sp³-hybridized carbons (Fsp3) is 0.647. The van der Waals surface area contributed by atoms with Crippen LogP contribution in [0.15, 0.2) is 18.2 Å². The van der Waals surface area contributed by atoms with Crippen molar-refractivity contribution in [2.45, 2.75) is 58.5 Å². The van der Waals surface area contributed by atoms with Crippen molar-refractivity contribution >= 4 is 0 Å². The minimum atomic E-state index is -0.834. The van der Waals surface area contributed by atoms with Gasteiger partial charge in [-0.2, -0.15) is 0 Å². The van der Waals surface area contributed by atoms with Crippen LogP contribution in [0.25, 0.3) is 0 Å². The number of hydrogen-bond acceptors (Lipinski definition) is 1. The summed E-state index contributed by atoms with van der Waals surface area (Å²) in [5, 5.41) is 10.6. The zero-order valence-electron chi connectivity index (χ0n) is 12.3. The van der Waals surface area contributed by atoms with Crippen LogP contribution in [0.4, 0.5) is 8.78 Å². The summed E-state index contributed by atoms with van der Waals surface area (Å²) in [6.07, 6.45) is 5.31. The third kappa shape index (κ3) is 3.38. The molecule has 1 aliphatic carbocycles. The van der Waals surface area contributed by atoms with Gasteiger partial charge in [-0.1, -0.05) is 32.8 Å². The fourth-order valence-electron chi connectivity index (χ4n) is 3.67. The van der Waals surface area contributed by atoms with Crippen LogP contribution in [0.1, 0.15) is 51.5 Å². The number of rotatable bonds is 5. The summed E-state index contributed by atoms with van der Waals surface area (Å²) in [5.41, 5.74) is 0.630. The minimum Gasteiger partial charge on any atom is -0.392 e. The number of aliphatic hydroxyl groups is 1. The Morgan fingerprint density at radius 1 is 1.15 bits per heavy atom. The fourth-order valence-corrected chi connectivity index (χ4v) is 3.67. The number of halogens is 2. The average Bonchev–Trinajstić information content (AvgIpc) is 2.83. The summed E-state index contributed by atoms with van der Waals surface area (Å²) in [5.74, 6) is -1.13. The molecule has 1 aromatic carbocycles. The van der Waals surface area contributed by atoms with Gasteiger partial charge in [0.25, 0.3) is 0 Å². The van der Waals surface area contributed by atoms with Crippen LogP contribution in [0, 0.1) is 23.0 Å². The molecule has 0 aromatic heterocycles. The van der Waals surface area contributed by atoms with Crippen molar-refractivity contribution in [2.75, 3.05) is 0 Å². The molecule has 0 bridgehead atoms. The molecule has 1 unspecified atom stereocenters. The van der Waals surface area contributed by atoms with Crippen molar-refractivity contribution in [2.24, 2.45) is 11.3 Å². The van der Waals surface area contributed by atoms with E-state index in [-0.39, 0.29) is 5.41 Å². The Hall–Kier alpha value is -0.960. The van der Waals surface area contributed by atoms with E-state index in [0.717, 1.165) is 38.2 Å². The molecule has 1 saturated carbocycles. The van der Waals surface area contributed by atoms with Crippen LogP contribution >= 0.6 is 0 Å². The second-order valence-corrected chi connectivity index (χ2v) is 6.64. The molecule has 3 heteroatoms. The summed E-state index contributed by atoms with van der Waals surface area (Å²) in [4.78, 5) is 0. The van der Waals surface area contributed by atoms with Crippen molar-refractivity contribution in [1.29, 1.82) is 0 Å². The summed E-state index contributed by atoms with van der Waals surface area (Å²) in [6, 6.07) is 3.91. The van der Waals surface area contributed by atoms with Crippen molar-refractivity contribution in [3.8, 4) is 0 Å². The van der Waals surface area contributed by atoms with E-state index in [0.29, 0.717) is 17.9 Å². The maximum Gasteiger partial charge on any atom is 0.159 e. The van der Waals surface area contributed by atoms with Gasteiger partial charge in [-0.3, -0.25) is 0 Å². The van der Waals surface area contributed by atoms with Gasteiger partial charge in [-0.05, 0) is 54.7 Å². The maximum atomic E-state index is 13.3. The van der Waals surface area contributed by atoms with Gasteiger partial charge in [0, 0.05) is 0 Å². The molecule has 1 fully saturated rings. The van der Waals surface area contributed by atoms with Gasteiger partial charge in [0.1, 0.15) is 0 Å². The first kappa shape index (κ1) is 15.4. The van der Waals surface area contributed by atoms with E-state index < -0.39 is 17.7 Å². The van der Waals surface area contributed by atoms with E-state index in [2.05, 4.69) is 13.8 Å². The minimum absolute atomic E-state index is 0.0426. The Balaban J connectivity index is 2.12. The van der Waals surface area contributed by atoms with Crippen LogP contribution in [0.3, 0.4) is 0 Å². The van der Waals surface area contributed by atoms with Crippen LogP contribution in [0.5, 0.6) is 0 Å². The normalized spacial score (nSPS) is 19.5. The van der Waals surface area contributed by atoms with E-state index >= 15 is 0 Å². The molecule has 1 aliphatic rings. The van der Waals surface area contributed by atoms with Gasteiger partial charge in [-0.25, -0.2) is 8.78 Å². The highest BCUT2D eigenvalue weighted by atomic mass is 19.2. The first-order valence-corrected chi connectivity index (χ1v) is 7.55. The lowest BCUT2D eigenvalue weighted by Crippen LogP contribution is -2.35. The zero-order valence-corrected chi connectivity index (χ0v) is 12.3. The lowest BCUT2D eigenvalue weighted by atomic mass is 9.72. The Bertz CT molecular complexity index is 450. The van der Waals surface area contributed by atoms with E-state index in [1.807, 2.05) is 0 Å². The molecule has 0 saturated heterocycles. The maximum absolute atomic E-state index is 13.3. The molecule has 0 aliphatic heterocycles. The van der Waals surface area contributed by atoms with E-state index in [1.54, 1.807) is 6.07 Å². The molecule has 1 N–H and O–H groups in total. The molecule has 1 aromatic rings. The van der Waals surface area contributed by atoms with Gasteiger partial charge in [-0.15, -0.1) is 0 Å². The highest BCUT2D eigenvalue weighted by Gasteiger charge is 2.40.